The fourth-order valence-corrected chi connectivity index (χ4v) is 4.44. The van der Waals surface area contributed by atoms with Crippen LogP contribution < -0.4 is 4.74 Å². The smallest absolute Gasteiger partial charge is 0.269 e. The van der Waals surface area contributed by atoms with Gasteiger partial charge in [0.25, 0.3) is 5.69 Å². The number of benzene rings is 3. The third-order valence-electron chi connectivity index (χ3n) is 3.56. The Bertz CT molecular complexity index is 817. The first-order chi connectivity index (χ1) is 11.7. The van der Waals surface area contributed by atoms with E-state index >= 15 is 0 Å². The molecule has 0 aromatic heterocycles. The van der Waals surface area contributed by atoms with Crippen molar-refractivity contribution >= 4 is 16.6 Å². The average Bonchev–Trinajstić information content (AvgIpc) is 2.64. The SMILES string of the molecule is COc1ccc([S+](c2ccccc2)c2ccc([N+](=O)[O-])cc2)cc1. The van der Waals surface area contributed by atoms with Crippen LogP contribution in [0.1, 0.15) is 0 Å². The minimum atomic E-state index is -0.377. The molecule has 0 fully saturated rings. The predicted molar refractivity (Wildman–Crippen MR) is 94.7 cm³/mol. The average molecular weight is 338 g/mol. The van der Waals surface area contributed by atoms with Crippen molar-refractivity contribution in [2.24, 2.45) is 0 Å². The van der Waals surface area contributed by atoms with E-state index in [0.29, 0.717) is 0 Å². The van der Waals surface area contributed by atoms with Crippen LogP contribution in [0.2, 0.25) is 0 Å². The molecule has 5 heteroatoms. The zero-order valence-corrected chi connectivity index (χ0v) is 13.9. The summed E-state index contributed by atoms with van der Waals surface area (Å²) in [5.74, 6) is 0.805. The van der Waals surface area contributed by atoms with Gasteiger partial charge < -0.3 is 4.74 Å². The number of hydrogen-bond donors (Lipinski definition) is 0. The molecule has 0 saturated heterocycles. The van der Waals surface area contributed by atoms with E-state index < -0.39 is 0 Å². The van der Waals surface area contributed by atoms with Crippen molar-refractivity contribution in [1.82, 2.24) is 0 Å². The molecule has 3 aromatic carbocycles. The first-order valence-electron chi connectivity index (χ1n) is 7.37. The number of hydrogen-bond acceptors (Lipinski definition) is 3. The molecule has 0 radical (unpaired) electrons. The molecular formula is C19H16NO3S+. The first-order valence-corrected chi connectivity index (χ1v) is 8.59. The lowest BCUT2D eigenvalue weighted by Crippen LogP contribution is -2.04. The number of rotatable bonds is 5. The van der Waals surface area contributed by atoms with Gasteiger partial charge in [-0.2, -0.15) is 0 Å². The van der Waals surface area contributed by atoms with Crippen LogP contribution >= 0.6 is 0 Å². The standard InChI is InChI=1S/C19H16NO3S/c1-23-16-9-13-19(14-10-16)24(17-5-3-2-4-6-17)18-11-7-15(8-12-18)20(21)22/h2-14H,1H3/q+1. The zero-order valence-electron chi connectivity index (χ0n) is 13.1. The number of non-ortho nitro benzene ring substituents is 1. The summed E-state index contributed by atoms with van der Waals surface area (Å²) in [7, 11) is 1.32. The number of methoxy groups -OCH3 is 1. The molecular weight excluding hydrogens is 322 g/mol. The lowest BCUT2D eigenvalue weighted by molar-refractivity contribution is -0.384. The Morgan fingerprint density at radius 2 is 1.29 bits per heavy atom. The van der Waals surface area contributed by atoms with Crippen molar-refractivity contribution in [2.45, 2.75) is 14.7 Å². The van der Waals surface area contributed by atoms with Crippen molar-refractivity contribution in [3.8, 4) is 5.75 Å². The van der Waals surface area contributed by atoms with Crippen LogP contribution in [0.5, 0.6) is 5.75 Å². The summed E-state index contributed by atoms with van der Waals surface area (Å²) in [6.45, 7) is 0. The molecule has 0 bridgehead atoms. The van der Waals surface area contributed by atoms with Gasteiger partial charge in [-0.1, -0.05) is 18.2 Å². The van der Waals surface area contributed by atoms with Gasteiger partial charge >= 0.3 is 0 Å². The molecule has 0 aliphatic rings. The molecule has 3 rings (SSSR count). The van der Waals surface area contributed by atoms with Crippen LogP contribution in [0, 0.1) is 10.1 Å². The normalized spacial score (nSPS) is 11.7. The largest absolute Gasteiger partial charge is 0.497 e. The first kappa shape index (κ1) is 16.1. The fraction of sp³-hybridized carbons (Fsp3) is 0.0526. The monoisotopic (exact) mass is 338 g/mol. The Kier molecular flexibility index (Phi) is 4.82. The number of ether oxygens (including phenoxy) is 1. The maximum absolute atomic E-state index is 10.9. The van der Waals surface area contributed by atoms with E-state index in [1.165, 1.54) is 0 Å². The van der Waals surface area contributed by atoms with Gasteiger partial charge in [-0.15, -0.1) is 0 Å². The summed E-state index contributed by atoms with van der Waals surface area (Å²) in [5, 5.41) is 10.9. The predicted octanol–water partition coefficient (Wildman–Crippen LogP) is 4.70. The van der Waals surface area contributed by atoms with Gasteiger partial charge in [-0.05, 0) is 36.4 Å². The molecule has 3 aromatic rings. The summed E-state index contributed by atoms with van der Waals surface area (Å²) >= 11 is 0. The summed E-state index contributed by atoms with van der Waals surface area (Å²) < 4.78 is 5.23. The van der Waals surface area contributed by atoms with E-state index in [1.807, 2.05) is 54.6 Å². The van der Waals surface area contributed by atoms with Crippen molar-refractivity contribution < 1.29 is 9.66 Å². The van der Waals surface area contributed by atoms with E-state index in [9.17, 15) is 10.1 Å². The quantitative estimate of drug-likeness (QED) is 0.385. The highest BCUT2D eigenvalue weighted by atomic mass is 32.2. The van der Waals surface area contributed by atoms with Gasteiger partial charge in [0.15, 0.2) is 14.7 Å². The molecule has 1 atom stereocenters. The number of nitro groups is 1. The lowest BCUT2D eigenvalue weighted by atomic mass is 10.3. The van der Waals surface area contributed by atoms with Gasteiger partial charge in [-0.25, -0.2) is 0 Å². The molecule has 0 aliphatic heterocycles. The molecule has 0 amide bonds. The molecule has 0 saturated carbocycles. The summed E-state index contributed by atoms with van der Waals surface area (Å²) in [6, 6.07) is 24.9. The topological polar surface area (TPSA) is 52.4 Å². The molecule has 0 N–H and O–H groups in total. The van der Waals surface area contributed by atoms with Crippen LogP contribution in [0.3, 0.4) is 0 Å². The van der Waals surface area contributed by atoms with E-state index in [1.54, 1.807) is 19.2 Å². The zero-order chi connectivity index (χ0) is 16.9. The maximum atomic E-state index is 10.9. The van der Waals surface area contributed by atoms with Crippen LogP contribution in [0.25, 0.3) is 0 Å². The van der Waals surface area contributed by atoms with Gasteiger partial charge in [0, 0.05) is 24.3 Å². The molecule has 0 spiro atoms. The Hall–Kier alpha value is -2.79. The van der Waals surface area contributed by atoms with Gasteiger partial charge in [0.05, 0.1) is 22.9 Å². The molecule has 24 heavy (non-hydrogen) atoms. The van der Waals surface area contributed by atoms with Crippen LogP contribution in [-0.4, -0.2) is 12.0 Å². The molecule has 1 unspecified atom stereocenters. The van der Waals surface area contributed by atoms with Gasteiger partial charge in [-0.3, -0.25) is 10.1 Å². The minimum Gasteiger partial charge on any atom is -0.497 e. The Morgan fingerprint density at radius 1 is 0.792 bits per heavy atom. The highest BCUT2D eigenvalue weighted by Crippen LogP contribution is 2.32. The third kappa shape index (κ3) is 3.41. The van der Waals surface area contributed by atoms with E-state index in [2.05, 4.69) is 12.1 Å². The highest BCUT2D eigenvalue weighted by Gasteiger charge is 2.29. The molecule has 120 valence electrons. The Balaban J connectivity index is 2.06. The highest BCUT2D eigenvalue weighted by molar-refractivity contribution is 7.97. The fourth-order valence-electron chi connectivity index (χ4n) is 2.38. The van der Waals surface area contributed by atoms with E-state index in [-0.39, 0.29) is 21.5 Å². The second-order valence-electron chi connectivity index (χ2n) is 5.05. The van der Waals surface area contributed by atoms with Crippen LogP contribution in [0.15, 0.2) is 93.5 Å². The van der Waals surface area contributed by atoms with Crippen molar-refractivity contribution in [2.75, 3.05) is 7.11 Å². The van der Waals surface area contributed by atoms with Crippen LogP contribution in [-0.2, 0) is 10.9 Å². The Labute approximate surface area is 143 Å². The van der Waals surface area contributed by atoms with Crippen molar-refractivity contribution in [1.29, 1.82) is 0 Å². The summed E-state index contributed by atoms with van der Waals surface area (Å²) in [6.07, 6.45) is 0. The number of nitro benzene ring substituents is 1. The van der Waals surface area contributed by atoms with Crippen molar-refractivity contribution in [3.63, 3.8) is 0 Å². The maximum Gasteiger partial charge on any atom is 0.269 e. The van der Waals surface area contributed by atoms with Crippen LogP contribution in [0.4, 0.5) is 5.69 Å². The third-order valence-corrected chi connectivity index (χ3v) is 5.79. The molecule has 4 nitrogen and oxygen atoms in total. The van der Waals surface area contributed by atoms with E-state index in [0.717, 1.165) is 20.4 Å². The van der Waals surface area contributed by atoms with E-state index in [4.69, 9.17) is 4.74 Å². The summed E-state index contributed by atoms with van der Waals surface area (Å²) in [4.78, 5) is 13.8. The Morgan fingerprint density at radius 3 is 1.79 bits per heavy atom. The second kappa shape index (κ2) is 7.19. The lowest BCUT2D eigenvalue weighted by Gasteiger charge is -2.08. The summed E-state index contributed by atoms with van der Waals surface area (Å²) in [5.41, 5.74) is 0.102. The number of nitrogens with zero attached hydrogens (tertiary/aromatic N) is 1. The van der Waals surface area contributed by atoms with Gasteiger partial charge in [0.1, 0.15) is 5.75 Å². The molecule has 0 heterocycles. The van der Waals surface area contributed by atoms with Gasteiger partial charge in [0.2, 0.25) is 0 Å². The van der Waals surface area contributed by atoms with Crippen molar-refractivity contribution in [3.05, 3.63) is 89.0 Å². The second-order valence-corrected chi connectivity index (χ2v) is 7.07. The molecule has 0 aliphatic carbocycles. The minimum absolute atomic E-state index is 0.102.